The van der Waals surface area contributed by atoms with Crippen molar-refractivity contribution in [1.29, 1.82) is 0 Å². The first kappa shape index (κ1) is 9.56. The quantitative estimate of drug-likeness (QED) is 0.590. The van der Waals surface area contributed by atoms with Gasteiger partial charge in [0.25, 0.3) is 0 Å². The molecule has 0 atom stereocenters. The molecule has 0 heterocycles. The van der Waals surface area contributed by atoms with E-state index in [1.807, 2.05) is 4.90 Å². The van der Waals surface area contributed by atoms with Crippen LogP contribution in [0.1, 0.15) is 39.5 Å². The summed E-state index contributed by atoms with van der Waals surface area (Å²) < 4.78 is 0. The lowest BCUT2D eigenvalue weighted by Gasteiger charge is -2.26. The Kier molecular flexibility index (Phi) is 3.57. The highest BCUT2D eigenvalue weighted by molar-refractivity contribution is 5.47. The second kappa shape index (κ2) is 4.48. The smallest absolute Gasteiger partial charge is 0.209 e. The van der Waals surface area contributed by atoms with Gasteiger partial charge in [-0.3, -0.25) is 4.79 Å². The van der Waals surface area contributed by atoms with Crippen LogP contribution in [0.3, 0.4) is 0 Å². The third kappa shape index (κ3) is 2.50. The van der Waals surface area contributed by atoms with Gasteiger partial charge in [-0.1, -0.05) is 26.7 Å². The fourth-order valence-corrected chi connectivity index (χ4v) is 1.94. The number of nitrogens with zero attached hydrogens (tertiary/aromatic N) is 1. The third-order valence-corrected chi connectivity index (χ3v) is 2.51. The fraction of sp³-hybridized carbons (Fsp3) is 0.900. The summed E-state index contributed by atoms with van der Waals surface area (Å²) in [6.07, 6.45) is 6.05. The van der Waals surface area contributed by atoms with Crippen LogP contribution in [0.5, 0.6) is 0 Å². The second-order valence-corrected chi connectivity index (χ2v) is 4.13. The van der Waals surface area contributed by atoms with E-state index in [-0.39, 0.29) is 0 Å². The molecule has 1 fully saturated rings. The molecular formula is C10H19NO. The molecule has 0 aliphatic heterocycles. The number of carbonyl (C=O) groups is 1. The van der Waals surface area contributed by atoms with E-state index in [9.17, 15) is 4.79 Å². The number of hydrogen-bond donors (Lipinski definition) is 0. The SMILES string of the molecule is CC(C)CN(C=O)C1CCCC1. The highest BCUT2D eigenvalue weighted by Gasteiger charge is 2.21. The van der Waals surface area contributed by atoms with Crippen molar-refractivity contribution in [2.75, 3.05) is 6.54 Å². The molecule has 0 unspecified atom stereocenters. The maximum absolute atomic E-state index is 10.8. The minimum absolute atomic E-state index is 0.546. The van der Waals surface area contributed by atoms with E-state index >= 15 is 0 Å². The molecule has 0 saturated heterocycles. The average molecular weight is 169 g/mol. The molecule has 1 aliphatic rings. The van der Waals surface area contributed by atoms with Crippen LogP contribution >= 0.6 is 0 Å². The Morgan fingerprint density at radius 1 is 1.42 bits per heavy atom. The monoisotopic (exact) mass is 169 g/mol. The normalized spacial score (nSPS) is 18.6. The molecule has 0 bridgehead atoms. The van der Waals surface area contributed by atoms with Crippen LogP contribution in [0.25, 0.3) is 0 Å². The standard InChI is InChI=1S/C10H19NO/c1-9(2)7-11(8-12)10-5-3-4-6-10/h8-10H,3-7H2,1-2H3. The molecule has 12 heavy (non-hydrogen) atoms. The molecule has 0 N–H and O–H groups in total. The highest BCUT2D eigenvalue weighted by Crippen LogP contribution is 2.22. The summed E-state index contributed by atoms with van der Waals surface area (Å²) in [7, 11) is 0. The molecule has 1 aliphatic carbocycles. The lowest BCUT2D eigenvalue weighted by Crippen LogP contribution is -2.34. The zero-order valence-corrected chi connectivity index (χ0v) is 8.12. The average Bonchev–Trinajstić information content (AvgIpc) is 2.51. The van der Waals surface area contributed by atoms with Crippen molar-refractivity contribution in [2.45, 2.75) is 45.6 Å². The Hall–Kier alpha value is -0.530. The predicted octanol–water partition coefficient (Wildman–Crippen LogP) is 2.04. The van der Waals surface area contributed by atoms with Gasteiger partial charge in [-0.05, 0) is 18.8 Å². The highest BCUT2D eigenvalue weighted by atomic mass is 16.1. The molecule has 1 rings (SSSR count). The molecule has 1 saturated carbocycles. The summed E-state index contributed by atoms with van der Waals surface area (Å²) in [6, 6.07) is 0.546. The number of carbonyl (C=O) groups excluding carboxylic acids is 1. The van der Waals surface area contributed by atoms with Gasteiger partial charge in [-0.15, -0.1) is 0 Å². The largest absolute Gasteiger partial charge is 0.342 e. The topological polar surface area (TPSA) is 20.3 Å². The molecule has 1 amide bonds. The Bertz CT molecular complexity index is 139. The Morgan fingerprint density at radius 3 is 2.42 bits per heavy atom. The van der Waals surface area contributed by atoms with Crippen LogP contribution < -0.4 is 0 Å². The van der Waals surface area contributed by atoms with Crippen molar-refractivity contribution in [3.63, 3.8) is 0 Å². The Labute approximate surface area is 74.9 Å². The molecule has 0 spiro atoms. The Balaban J connectivity index is 2.37. The predicted molar refractivity (Wildman–Crippen MR) is 49.9 cm³/mol. The van der Waals surface area contributed by atoms with Gasteiger partial charge in [0.2, 0.25) is 6.41 Å². The lowest BCUT2D eigenvalue weighted by molar-refractivity contribution is -0.120. The van der Waals surface area contributed by atoms with Gasteiger partial charge in [0.1, 0.15) is 0 Å². The van der Waals surface area contributed by atoms with Crippen molar-refractivity contribution >= 4 is 6.41 Å². The summed E-state index contributed by atoms with van der Waals surface area (Å²) in [6.45, 7) is 5.24. The lowest BCUT2D eigenvalue weighted by atomic mass is 10.1. The van der Waals surface area contributed by atoms with Gasteiger partial charge in [-0.2, -0.15) is 0 Å². The van der Waals surface area contributed by atoms with Gasteiger partial charge < -0.3 is 4.90 Å². The van der Waals surface area contributed by atoms with Crippen molar-refractivity contribution in [1.82, 2.24) is 4.90 Å². The van der Waals surface area contributed by atoms with E-state index in [0.717, 1.165) is 13.0 Å². The molecule has 70 valence electrons. The van der Waals surface area contributed by atoms with E-state index in [0.29, 0.717) is 12.0 Å². The van der Waals surface area contributed by atoms with Crippen molar-refractivity contribution < 1.29 is 4.79 Å². The number of amides is 1. The van der Waals surface area contributed by atoms with E-state index in [4.69, 9.17) is 0 Å². The van der Waals surface area contributed by atoms with E-state index in [1.165, 1.54) is 25.7 Å². The molecule has 2 nitrogen and oxygen atoms in total. The molecule has 0 aromatic heterocycles. The maximum Gasteiger partial charge on any atom is 0.209 e. The van der Waals surface area contributed by atoms with Crippen LogP contribution in [0, 0.1) is 5.92 Å². The minimum atomic E-state index is 0.546. The van der Waals surface area contributed by atoms with Crippen LogP contribution in [0.15, 0.2) is 0 Å². The number of rotatable bonds is 4. The molecular weight excluding hydrogens is 150 g/mol. The summed E-state index contributed by atoms with van der Waals surface area (Å²) in [4.78, 5) is 12.7. The fourth-order valence-electron chi connectivity index (χ4n) is 1.94. The van der Waals surface area contributed by atoms with E-state index < -0.39 is 0 Å². The van der Waals surface area contributed by atoms with Gasteiger partial charge in [0.05, 0.1) is 0 Å². The van der Waals surface area contributed by atoms with Gasteiger partial charge in [0, 0.05) is 12.6 Å². The Morgan fingerprint density at radius 2 is 2.00 bits per heavy atom. The zero-order valence-electron chi connectivity index (χ0n) is 8.12. The molecule has 0 radical (unpaired) electrons. The first-order valence-corrected chi connectivity index (χ1v) is 4.95. The first-order chi connectivity index (χ1) is 5.74. The zero-order chi connectivity index (χ0) is 8.97. The summed E-state index contributed by atoms with van der Waals surface area (Å²) in [5.74, 6) is 0.593. The van der Waals surface area contributed by atoms with Crippen molar-refractivity contribution in [3.8, 4) is 0 Å². The second-order valence-electron chi connectivity index (χ2n) is 4.13. The van der Waals surface area contributed by atoms with Crippen LogP contribution in [0.4, 0.5) is 0 Å². The van der Waals surface area contributed by atoms with Crippen molar-refractivity contribution in [3.05, 3.63) is 0 Å². The first-order valence-electron chi connectivity index (χ1n) is 4.95. The maximum atomic E-state index is 10.8. The summed E-state index contributed by atoms with van der Waals surface area (Å²) in [5, 5.41) is 0. The summed E-state index contributed by atoms with van der Waals surface area (Å²) in [5.41, 5.74) is 0. The van der Waals surface area contributed by atoms with Crippen molar-refractivity contribution in [2.24, 2.45) is 5.92 Å². The third-order valence-electron chi connectivity index (χ3n) is 2.51. The van der Waals surface area contributed by atoms with E-state index in [1.54, 1.807) is 0 Å². The van der Waals surface area contributed by atoms with Gasteiger partial charge >= 0.3 is 0 Å². The van der Waals surface area contributed by atoms with Gasteiger partial charge in [0.15, 0.2) is 0 Å². The summed E-state index contributed by atoms with van der Waals surface area (Å²) >= 11 is 0. The van der Waals surface area contributed by atoms with Gasteiger partial charge in [-0.25, -0.2) is 0 Å². The molecule has 0 aromatic carbocycles. The van der Waals surface area contributed by atoms with Crippen LogP contribution in [-0.2, 0) is 4.79 Å². The minimum Gasteiger partial charge on any atom is -0.342 e. The van der Waals surface area contributed by atoms with E-state index in [2.05, 4.69) is 13.8 Å². The van der Waals surface area contributed by atoms with Crippen LogP contribution in [-0.4, -0.2) is 23.9 Å². The molecule has 0 aromatic rings. The number of hydrogen-bond acceptors (Lipinski definition) is 1. The van der Waals surface area contributed by atoms with Crippen LogP contribution in [0.2, 0.25) is 0 Å². The molecule has 2 heteroatoms.